The first-order valence-electron chi connectivity index (χ1n) is 4.11. The highest BCUT2D eigenvalue weighted by Crippen LogP contribution is 2.20. The van der Waals surface area contributed by atoms with Crippen molar-refractivity contribution in [3.05, 3.63) is 28.7 Å². The van der Waals surface area contributed by atoms with Crippen molar-refractivity contribution in [1.29, 1.82) is 0 Å². The van der Waals surface area contributed by atoms with Crippen LogP contribution in [0.15, 0.2) is 23.1 Å². The number of aromatic nitrogens is 2. The van der Waals surface area contributed by atoms with E-state index in [2.05, 4.69) is 4.98 Å². The van der Waals surface area contributed by atoms with Crippen LogP contribution in [0, 0.1) is 0 Å². The van der Waals surface area contributed by atoms with E-state index in [-0.39, 0.29) is 11.2 Å². The lowest BCUT2D eigenvalue weighted by atomic mass is 10.2. The zero-order chi connectivity index (χ0) is 10.3. The minimum atomic E-state index is -0.311. The molecule has 72 valence electrons. The number of nitrogens with zero attached hydrogens (tertiary/aromatic N) is 2. The zero-order valence-electron chi connectivity index (χ0n) is 7.69. The molecule has 0 saturated heterocycles. The first kappa shape index (κ1) is 8.55. The molecule has 0 amide bonds. The van der Waals surface area contributed by atoms with E-state index in [1.54, 1.807) is 25.4 Å². The van der Waals surface area contributed by atoms with Crippen molar-refractivity contribution in [2.45, 2.75) is 0 Å². The zero-order valence-corrected chi connectivity index (χ0v) is 7.69. The lowest BCUT2D eigenvalue weighted by molar-refractivity contribution is 0.892. The SMILES string of the molecule is Cn1c(=O)c(N)c(N)c2cccnc21. The fraction of sp³-hybridized carbons (Fsp3) is 0.111. The third-order valence-corrected chi connectivity index (χ3v) is 2.22. The smallest absolute Gasteiger partial charge is 0.277 e. The number of fused-ring (bicyclic) bond motifs is 1. The van der Waals surface area contributed by atoms with Crippen LogP contribution >= 0.6 is 0 Å². The minimum Gasteiger partial charge on any atom is -0.396 e. The van der Waals surface area contributed by atoms with Gasteiger partial charge in [0.1, 0.15) is 11.3 Å². The first-order valence-corrected chi connectivity index (χ1v) is 4.11. The molecule has 2 rings (SSSR count). The molecule has 0 aliphatic rings. The maximum atomic E-state index is 11.5. The van der Waals surface area contributed by atoms with E-state index in [9.17, 15) is 4.79 Å². The van der Waals surface area contributed by atoms with Crippen molar-refractivity contribution >= 4 is 22.4 Å². The van der Waals surface area contributed by atoms with Gasteiger partial charge in [-0.15, -0.1) is 0 Å². The van der Waals surface area contributed by atoms with Crippen LogP contribution in [-0.2, 0) is 7.05 Å². The normalized spacial score (nSPS) is 10.6. The molecule has 2 heterocycles. The fourth-order valence-corrected chi connectivity index (χ4v) is 1.41. The molecule has 0 unspecified atom stereocenters. The van der Waals surface area contributed by atoms with Gasteiger partial charge in [-0.2, -0.15) is 0 Å². The second kappa shape index (κ2) is 2.73. The molecule has 2 aromatic heterocycles. The fourth-order valence-electron chi connectivity index (χ4n) is 1.41. The molecule has 0 atom stereocenters. The Labute approximate surface area is 80.0 Å². The van der Waals surface area contributed by atoms with Crippen LogP contribution in [0.25, 0.3) is 11.0 Å². The Bertz CT molecular complexity index is 558. The second-order valence-corrected chi connectivity index (χ2v) is 3.07. The van der Waals surface area contributed by atoms with Gasteiger partial charge in [-0.05, 0) is 12.1 Å². The second-order valence-electron chi connectivity index (χ2n) is 3.07. The maximum absolute atomic E-state index is 11.5. The predicted molar refractivity (Wildman–Crippen MR) is 55.8 cm³/mol. The number of rotatable bonds is 0. The van der Waals surface area contributed by atoms with Crippen LogP contribution in [0.5, 0.6) is 0 Å². The van der Waals surface area contributed by atoms with Gasteiger partial charge in [0.15, 0.2) is 0 Å². The summed E-state index contributed by atoms with van der Waals surface area (Å²) < 4.78 is 1.39. The van der Waals surface area contributed by atoms with Gasteiger partial charge >= 0.3 is 0 Å². The average Bonchev–Trinajstić information content (AvgIpc) is 2.23. The monoisotopic (exact) mass is 190 g/mol. The highest BCUT2D eigenvalue weighted by Gasteiger charge is 2.09. The summed E-state index contributed by atoms with van der Waals surface area (Å²) >= 11 is 0. The summed E-state index contributed by atoms with van der Waals surface area (Å²) in [5, 5.41) is 0.701. The Morgan fingerprint density at radius 2 is 2.07 bits per heavy atom. The van der Waals surface area contributed by atoms with E-state index in [4.69, 9.17) is 11.5 Å². The highest BCUT2D eigenvalue weighted by atomic mass is 16.1. The summed E-state index contributed by atoms with van der Waals surface area (Å²) in [6.45, 7) is 0. The summed E-state index contributed by atoms with van der Waals surface area (Å²) in [4.78, 5) is 15.6. The summed E-state index contributed by atoms with van der Waals surface area (Å²) in [6.07, 6.45) is 1.61. The van der Waals surface area contributed by atoms with Crippen molar-refractivity contribution in [3.8, 4) is 0 Å². The minimum absolute atomic E-state index is 0.0769. The molecule has 0 aliphatic carbocycles. The molecular formula is C9H10N4O. The number of nitrogen functional groups attached to an aromatic ring is 2. The van der Waals surface area contributed by atoms with Crippen LogP contribution in [0.4, 0.5) is 11.4 Å². The van der Waals surface area contributed by atoms with Gasteiger partial charge in [-0.3, -0.25) is 9.36 Å². The average molecular weight is 190 g/mol. The summed E-state index contributed by atoms with van der Waals surface area (Å²) in [5.41, 5.74) is 11.9. The molecule has 0 saturated carbocycles. The Hall–Kier alpha value is -2.04. The third-order valence-electron chi connectivity index (χ3n) is 2.22. The van der Waals surface area contributed by atoms with Crippen molar-refractivity contribution in [2.24, 2.45) is 7.05 Å². The van der Waals surface area contributed by atoms with E-state index < -0.39 is 0 Å². The molecule has 0 bridgehead atoms. The third kappa shape index (κ3) is 0.953. The standard InChI is InChI=1S/C9H10N4O/c1-13-8-5(3-2-4-12-8)6(10)7(11)9(13)14/h2-4H,10-11H2,1H3. The number of pyridine rings is 2. The molecule has 0 spiro atoms. The lowest BCUT2D eigenvalue weighted by Gasteiger charge is -2.08. The molecule has 0 fully saturated rings. The van der Waals surface area contributed by atoms with Gasteiger partial charge in [0.25, 0.3) is 5.56 Å². The van der Waals surface area contributed by atoms with Gasteiger partial charge in [0.05, 0.1) is 5.69 Å². The Kier molecular flexibility index (Phi) is 1.67. The molecule has 0 aromatic carbocycles. The van der Waals surface area contributed by atoms with Crippen LogP contribution in [-0.4, -0.2) is 9.55 Å². The summed E-state index contributed by atoms with van der Waals surface area (Å²) in [7, 11) is 1.62. The highest BCUT2D eigenvalue weighted by molar-refractivity contribution is 5.93. The summed E-state index contributed by atoms with van der Waals surface area (Å²) in [6, 6.07) is 3.54. The van der Waals surface area contributed by atoms with Crippen LogP contribution < -0.4 is 17.0 Å². The molecule has 0 radical (unpaired) electrons. The van der Waals surface area contributed by atoms with E-state index >= 15 is 0 Å². The molecule has 5 heteroatoms. The van der Waals surface area contributed by atoms with Crippen molar-refractivity contribution in [3.63, 3.8) is 0 Å². The Morgan fingerprint density at radius 3 is 2.79 bits per heavy atom. The number of hydrogen-bond acceptors (Lipinski definition) is 4. The van der Waals surface area contributed by atoms with Gasteiger partial charge in [-0.25, -0.2) is 4.98 Å². The van der Waals surface area contributed by atoms with E-state index in [1.165, 1.54) is 4.57 Å². The molecule has 4 N–H and O–H groups in total. The van der Waals surface area contributed by atoms with Crippen LogP contribution in [0.2, 0.25) is 0 Å². The molecule has 5 nitrogen and oxygen atoms in total. The Morgan fingerprint density at radius 1 is 1.36 bits per heavy atom. The largest absolute Gasteiger partial charge is 0.396 e. The van der Waals surface area contributed by atoms with E-state index in [0.29, 0.717) is 16.7 Å². The topological polar surface area (TPSA) is 86.9 Å². The molecule has 0 aliphatic heterocycles. The number of nitrogens with two attached hydrogens (primary N) is 2. The van der Waals surface area contributed by atoms with Crippen LogP contribution in [0.3, 0.4) is 0 Å². The summed E-state index contributed by atoms with van der Waals surface area (Å²) in [5.74, 6) is 0. The van der Waals surface area contributed by atoms with Gasteiger partial charge in [0, 0.05) is 18.6 Å². The number of aryl methyl sites for hydroxylation is 1. The molecular weight excluding hydrogens is 180 g/mol. The number of hydrogen-bond donors (Lipinski definition) is 2. The predicted octanol–water partition coefficient (Wildman–Crippen LogP) is 0.0979. The lowest BCUT2D eigenvalue weighted by Crippen LogP contribution is -2.22. The van der Waals surface area contributed by atoms with Crippen molar-refractivity contribution in [1.82, 2.24) is 9.55 Å². The number of anilines is 2. The quantitative estimate of drug-likeness (QED) is 0.616. The molecule has 14 heavy (non-hydrogen) atoms. The van der Waals surface area contributed by atoms with Gasteiger partial charge in [-0.1, -0.05) is 0 Å². The Balaban J connectivity index is 3.10. The molecule has 2 aromatic rings. The van der Waals surface area contributed by atoms with E-state index in [1.807, 2.05) is 0 Å². The van der Waals surface area contributed by atoms with Crippen molar-refractivity contribution in [2.75, 3.05) is 11.5 Å². The van der Waals surface area contributed by atoms with Gasteiger partial charge < -0.3 is 11.5 Å². The maximum Gasteiger partial charge on any atom is 0.277 e. The van der Waals surface area contributed by atoms with Gasteiger partial charge in [0.2, 0.25) is 0 Å². The van der Waals surface area contributed by atoms with E-state index in [0.717, 1.165) is 0 Å². The van der Waals surface area contributed by atoms with Crippen LogP contribution in [0.1, 0.15) is 0 Å². The van der Waals surface area contributed by atoms with Crippen molar-refractivity contribution < 1.29 is 0 Å². The first-order chi connectivity index (χ1) is 6.63.